The van der Waals surface area contributed by atoms with Gasteiger partial charge in [0.25, 0.3) is 0 Å². The van der Waals surface area contributed by atoms with Crippen molar-refractivity contribution >= 4 is 17.4 Å². The van der Waals surface area contributed by atoms with Crippen LogP contribution >= 0.6 is 0 Å². The standard InChI is InChI=1S/C11H11NO3/c1-7(13)12-9-2-3-11-8(4-9)5-10(14)6-15-11/h2-4H,5-6H2,1H3,(H,12,13). The highest BCUT2D eigenvalue weighted by Gasteiger charge is 2.16. The molecule has 4 nitrogen and oxygen atoms in total. The molecule has 4 heteroatoms. The van der Waals surface area contributed by atoms with Crippen LogP contribution in [-0.4, -0.2) is 18.3 Å². The monoisotopic (exact) mass is 205 g/mol. The van der Waals surface area contributed by atoms with Gasteiger partial charge in [-0.2, -0.15) is 0 Å². The minimum absolute atomic E-state index is 0.0578. The number of carbonyl (C=O) groups excluding carboxylic acids is 2. The quantitative estimate of drug-likeness (QED) is 0.748. The number of rotatable bonds is 1. The molecule has 0 spiro atoms. The average Bonchev–Trinajstić information content (AvgIpc) is 2.16. The first-order chi connectivity index (χ1) is 7.15. The van der Waals surface area contributed by atoms with Crippen molar-refractivity contribution in [1.29, 1.82) is 0 Å². The van der Waals surface area contributed by atoms with Crippen molar-refractivity contribution in [3.63, 3.8) is 0 Å². The maximum atomic E-state index is 11.1. The summed E-state index contributed by atoms with van der Waals surface area (Å²) < 4.78 is 5.23. The van der Waals surface area contributed by atoms with Gasteiger partial charge in [-0.15, -0.1) is 0 Å². The molecule has 0 fully saturated rings. The maximum absolute atomic E-state index is 11.1. The average molecular weight is 205 g/mol. The molecular weight excluding hydrogens is 194 g/mol. The Morgan fingerprint density at radius 3 is 3.00 bits per heavy atom. The van der Waals surface area contributed by atoms with Crippen molar-refractivity contribution in [2.45, 2.75) is 13.3 Å². The van der Waals surface area contributed by atoms with Crippen molar-refractivity contribution in [1.82, 2.24) is 0 Å². The highest BCUT2D eigenvalue weighted by Crippen LogP contribution is 2.26. The van der Waals surface area contributed by atoms with Gasteiger partial charge < -0.3 is 10.1 Å². The van der Waals surface area contributed by atoms with E-state index in [1.165, 1.54) is 6.92 Å². The molecule has 0 atom stereocenters. The smallest absolute Gasteiger partial charge is 0.221 e. The van der Waals surface area contributed by atoms with Gasteiger partial charge in [0.2, 0.25) is 5.91 Å². The fourth-order valence-corrected chi connectivity index (χ4v) is 1.56. The van der Waals surface area contributed by atoms with E-state index in [0.29, 0.717) is 12.1 Å². The second-order valence-electron chi connectivity index (χ2n) is 3.51. The zero-order chi connectivity index (χ0) is 10.8. The van der Waals surface area contributed by atoms with E-state index in [0.717, 1.165) is 11.3 Å². The van der Waals surface area contributed by atoms with Crippen LogP contribution < -0.4 is 10.1 Å². The summed E-state index contributed by atoms with van der Waals surface area (Å²) in [6, 6.07) is 5.30. The van der Waals surface area contributed by atoms with Crippen molar-refractivity contribution in [3.8, 4) is 5.75 Å². The number of ketones is 1. The molecule has 0 unspecified atom stereocenters. The number of nitrogens with one attached hydrogen (secondary N) is 1. The second kappa shape index (κ2) is 3.73. The van der Waals surface area contributed by atoms with E-state index in [-0.39, 0.29) is 18.3 Å². The molecule has 2 rings (SSSR count). The van der Waals surface area contributed by atoms with Crippen LogP contribution in [0.3, 0.4) is 0 Å². The van der Waals surface area contributed by atoms with Gasteiger partial charge in [0.1, 0.15) is 12.4 Å². The number of hydrogen-bond donors (Lipinski definition) is 1. The van der Waals surface area contributed by atoms with Crippen LogP contribution in [0.15, 0.2) is 18.2 Å². The van der Waals surface area contributed by atoms with Crippen LogP contribution in [0.2, 0.25) is 0 Å². The number of ether oxygens (including phenoxy) is 1. The van der Waals surface area contributed by atoms with Crippen LogP contribution in [-0.2, 0) is 16.0 Å². The number of amides is 1. The Hall–Kier alpha value is -1.84. The highest BCUT2D eigenvalue weighted by atomic mass is 16.5. The van der Waals surface area contributed by atoms with Crippen molar-refractivity contribution < 1.29 is 14.3 Å². The molecule has 1 amide bonds. The van der Waals surface area contributed by atoms with Gasteiger partial charge in [-0.05, 0) is 18.2 Å². The minimum Gasteiger partial charge on any atom is -0.486 e. The lowest BCUT2D eigenvalue weighted by Gasteiger charge is -2.17. The number of carbonyl (C=O) groups is 2. The first-order valence-electron chi connectivity index (χ1n) is 4.70. The van der Waals surface area contributed by atoms with Gasteiger partial charge in [0, 0.05) is 24.6 Å². The zero-order valence-corrected chi connectivity index (χ0v) is 8.37. The third kappa shape index (κ3) is 2.15. The Morgan fingerprint density at radius 2 is 2.27 bits per heavy atom. The molecule has 1 N–H and O–H groups in total. The van der Waals surface area contributed by atoms with Crippen LogP contribution in [0.5, 0.6) is 5.75 Å². The highest BCUT2D eigenvalue weighted by molar-refractivity contribution is 5.90. The molecule has 78 valence electrons. The molecule has 1 aliphatic rings. The van der Waals surface area contributed by atoms with Gasteiger partial charge in [-0.1, -0.05) is 0 Å². The summed E-state index contributed by atoms with van der Waals surface area (Å²) in [6.45, 7) is 1.59. The summed E-state index contributed by atoms with van der Waals surface area (Å²) in [4.78, 5) is 22.0. The first-order valence-corrected chi connectivity index (χ1v) is 4.70. The fraction of sp³-hybridized carbons (Fsp3) is 0.273. The van der Waals surface area contributed by atoms with Crippen LogP contribution in [0, 0.1) is 0 Å². The van der Waals surface area contributed by atoms with Crippen LogP contribution in [0.25, 0.3) is 0 Å². The molecule has 1 aliphatic heterocycles. The van der Waals surface area contributed by atoms with E-state index in [9.17, 15) is 9.59 Å². The van der Waals surface area contributed by atoms with Gasteiger partial charge in [0.15, 0.2) is 5.78 Å². The Bertz CT molecular complexity index is 426. The maximum Gasteiger partial charge on any atom is 0.221 e. The van der Waals surface area contributed by atoms with E-state index < -0.39 is 0 Å². The van der Waals surface area contributed by atoms with E-state index in [1.807, 2.05) is 0 Å². The molecule has 0 radical (unpaired) electrons. The third-order valence-electron chi connectivity index (χ3n) is 2.16. The second-order valence-corrected chi connectivity index (χ2v) is 3.51. The molecule has 0 saturated heterocycles. The summed E-state index contributed by atoms with van der Waals surface area (Å²) in [5.41, 5.74) is 1.53. The summed E-state index contributed by atoms with van der Waals surface area (Å²) in [5, 5.41) is 2.66. The molecule has 0 saturated carbocycles. The number of fused-ring (bicyclic) bond motifs is 1. The van der Waals surface area contributed by atoms with Crippen molar-refractivity contribution in [2.75, 3.05) is 11.9 Å². The van der Waals surface area contributed by atoms with E-state index >= 15 is 0 Å². The molecular formula is C11H11NO3. The first kappa shape index (κ1) is 9.71. The van der Waals surface area contributed by atoms with Gasteiger partial charge >= 0.3 is 0 Å². The predicted molar refractivity (Wildman–Crippen MR) is 55.0 cm³/mol. The Balaban J connectivity index is 2.28. The Labute approximate surface area is 87.2 Å². The number of anilines is 1. The SMILES string of the molecule is CC(=O)Nc1ccc2c(c1)CC(=O)CO2. The molecule has 1 aromatic rings. The lowest BCUT2D eigenvalue weighted by Crippen LogP contribution is -2.20. The van der Waals surface area contributed by atoms with Crippen molar-refractivity contribution in [2.24, 2.45) is 0 Å². The van der Waals surface area contributed by atoms with Gasteiger partial charge in [0.05, 0.1) is 0 Å². The fourth-order valence-electron chi connectivity index (χ4n) is 1.56. The topological polar surface area (TPSA) is 55.4 Å². The number of benzene rings is 1. The van der Waals surface area contributed by atoms with Crippen LogP contribution in [0.4, 0.5) is 5.69 Å². The Kier molecular flexibility index (Phi) is 2.41. The summed E-state index contributed by atoms with van der Waals surface area (Å²) >= 11 is 0. The number of hydrogen-bond acceptors (Lipinski definition) is 3. The van der Waals surface area contributed by atoms with Gasteiger partial charge in [-0.25, -0.2) is 0 Å². The van der Waals surface area contributed by atoms with Crippen molar-refractivity contribution in [3.05, 3.63) is 23.8 Å². The van der Waals surface area contributed by atoms with Crippen LogP contribution in [0.1, 0.15) is 12.5 Å². The van der Waals surface area contributed by atoms with E-state index in [2.05, 4.69) is 5.32 Å². The minimum atomic E-state index is -0.127. The number of Topliss-reactive ketones (excluding diaryl/α,β-unsaturated/α-hetero) is 1. The molecule has 0 aliphatic carbocycles. The molecule has 1 heterocycles. The summed E-state index contributed by atoms with van der Waals surface area (Å²) in [6.07, 6.45) is 0.378. The molecule has 0 bridgehead atoms. The summed E-state index contributed by atoms with van der Waals surface area (Å²) in [5.74, 6) is 0.657. The Morgan fingerprint density at radius 1 is 1.47 bits per heavy atom. The normalized spacial score (nSPS) is 14.1. The van der Waals surface area contributed by atoms with Gasteiger partial charge in [-0.3, -0.25) is 9.59 Å². The molecule has 1 aromatic carbocycles. The lowest BCUT2D eigenvalue weighted by atomic mass is 10.0. The molecule has 0 aromatic heterocycles. The zero-order valence-electron chi connectivity index (χ0n) is 8.37. The predicted octanol–water partition coefficient (Wildman–Crippen LogP) is 1.15. The van der Waals surface area contributed by atoms with E-state index in [1.54, 1.807) is 18.2 Å². The lowest BCUT2D eigenvalue weighted by molar-refractivity contribution is -0.121. The summed E-state index contributed by atoms with van der Waals surface area (Å²) in [7, 11) is 0. The van der Waals surface area contributed by atoms with E-state index in [4.69, 9.17) is 4.74 Å². The molecule has 15 heavy (non-hydrogen) atoms. The third-order valence-corrected chi connectivity index (χ3v) is 2.16. The largest absolute Gasteiger partial charge is 0.486 e.